The van der Waals surface area contributed by atoms with Crippen LogP contribution >= 0.6 is 11.6 Å². The quantitative estimate of drug-likeness (QED) is 0.759. The van der Waals surface area contributed by atoms with Crippen molar-refractivity contribution in [3.8, 4) is 0 Å². The molecule has 1 aromatic rings. The Kier molecular flexibility index (Phi) is 4.45. The Hall–Kier alpha value is -1.20. The molecule has 0 fully saturated rings. The highest BCUT2D eigenvalue weighted by Gasteiger charge is 2.08. The molecular formula is C9H13ClN4O. The molecule has 0 aliphatic rings. The molecule has 3 N–H and O–H groups in total. The van der Waals surface area contributed by atoms with E-state index in [0.29, 0.717) is 5.82 Å². The van der Waals surface area contributed by atoms with Gasteiger partial charge in [-0.1, -0.05) is 6.92 Å². The van der Waals surface area contributed by atoms with E-state index in [9.17, 15) is 4.79 Å². The number of aromatic nitrogens is 2. The second kappa shape index (κ2) is 5.63. The minimum absolute atomic E-state index is 0.104. The minimum atomic E-state index is -0.167. The molecule has 0 spiro atoms. The smallest absolute Gasteiger partial charge is 0.227 e. The van der Waals surface area contributed by atoms with Gasteiger partial charge >= 0.3 is 0 Å². The van der Waals surface area contributed by atoms with Gasteiger partial charge in [0.15, 0.2) is 0 Å². The first-order valence-corrected chi connectivity index (χ1v) is 5.03. The average molecular weight is 229 g/mol. The summed E-state index contributed by atoms with van der Waals surface area (Å²) >= 11 is 5.56. The lowest BCUT2D eigenvalue weighted by atomic mass is 10.1. The second-order valence-corrected chi connectivity index (χ2v) is 3.47. The van der Waals surface area contributed by atoms with Crippen LogP contribution in [0.4, 0.5) is 5.82 Å². The summed E-state index contributed by atoms with van der Waals surface area (Å²) in [5.41, 5.74) is 5.64. The molecule has 0 aliphatic carbocycles. The van der Waals surface area contributed by atoms with Gasteiger partial charge in [0.2, 0.25) is 11.2 Å². The van der Waals surface area contributed by atoms with Crippen LogP contribution in [0.25, 0.3) is 0 Å². The summed E-state index contributed by atoms with van der Waals surface area (Å²) in [6, 6.07) is 1.45. The fraction of sp³-hybridized carbons (Fsp3) is 0.444. The molecule has 0 saturated carbocycles. The first-order valence-electron chi connectivity index (χ1n) is 4.65. The molecule has 0 aromatic carbocycles. The third-order valence-electron chi connectivity index (χ3n) is 1.87. The van der Waals surface area contributed by atoms with Gasteiger partial charge in [-0.15, -0.1) is 0 Å². The number of amides is 1. The number of nitrogens with zero attached hydrogens (tertiary/aromatic N) is 2. The average Bonchev–Trinajstić information content (AvgIpc) is 2.17. The van der Waals surface area contributed by atoms with Gasteiger partial charge in [0.1, 0.15) is 5.82 Å². The summed E-state index contributed by atoms with van der Waals surface area (Å²) < 4.78 is 0. The lowest BCUT2D eigenvalue weighted by Crippen LogP contribution is -2.26. The highest BCUT2D eigenvalue weighted by molar-refractivity contribution is 6.28. The molecule has 1 aromatic heterocycles. The number of rotatable bonds is 4. The molecule has 0 radical (unpaired) electrons. The van der Waals surface area contributed by atoms with Crippen molar-refractivity contribution in [2.45, 2.75) is 25.8 Å². The predicted octanol–water partition coefficient (Wildman–Crippen LogP) is 1.20. The molecule has 15 heavy (non-hydrogen) atoms. The van der Waals surface area contributed by atoms with Gasteiger partial charge in [-0.25, -0.2) is 9.97 Å². The molecule has 0 saturated heterocycles. The highest BCUT2D eigenvalue weighted by Crippen LogP contribution is 2.06. The molecule has 82 valence electrons. The van der Waals surface area contributed by atoms with Crippen LogP contribution in [0.2, 0.25) is 5.28 Å². The maximum atomic E-state index is 11.4. The molecule has 1 amide bonds. The van der Waals surface area contributed by atoms with E-state index in [-0.39, 0.29) is 23.7 Å². The van der Waals surface area contributed by atoms with Crippen molar-refractivity contribution in [3.05, 3.63) is 17.5 Å². The lowest BCUT2D eigenvalue weighted by molar-refractivity contribution is -0.116. The predicted molar refractivity (Wildman–Crippen MR) is 58.6 cm³/mol. The monoisotopic (exact) mass is 228 g/mol. The molecule has 1 rings (SSSR count). The number of anilines is 1. The Morgan fingerprint density at radius 2 is 2.47 bits per heavy atom. The minimum Gasteiger partial charge on any atom is -0.327 e. The molecule has 0 bridgehead atoms. The standard InChI is InChI=1S/C9H13ClN4O/c1-2-6(11)5-8(15)13-7-3-4-12-9(10)14-7/h3-4,6H,2,5,11H2,1H3,(H,12,13,14,15). The zero-order chi connectivity index (χ0) is 11.3. The number of carbonyl (C=O) groups excluding carboxylic acids is 1. The van der Waals surface area contributed by atoms with E-state index in [0.717, 1.165) is 6.42 Å². The number of hydrogen-bond acceptors (Lipinski definition) is 4. The van der Waals surface area contributed by atoms with Gasteiger partial charge < -0.3 is 11.1 Å². The van der Waals surface area contributed by atoms with Crippen molar-refractivity contribution in [1.29, 1.82) is 0 Å². The molecule has 5 nitrogen and oxygen atoms in total. The molecule has 1 heterocycles. The third-order valence-corrected chi connectivity index (χ3v) is 2.05. The van der Waals surface area contributed by atoms with Crippen LogP contribution < -0.4 is 11.1 Å². The Balaban J connectivity index is 2.51. The maximum Gasteiger partial charge on any atom is 0.227 e. The fourth-order valence-corrected chi connectivity index (χ4v) is 1.13. The summed E-state index contributed by atoms with van der Waals surface area (Å²) in [5, 5.41) is 2.70. The van der Waals surface area contributed by atoms with E-state index in [1.54, 1.807) is 6.07 Å². The second-order valence-electron chi connectivity index (χ2n) is 3.13. The van der Waals surface area contributed by atoms with Gasteiger partial charge in [0.25, 0.3) is 0 Å². The fourth-order valence-electron chi connectivity index (χ4n) is 0.981. The van der Waals surface area contributed by atoms with E-state index in [1.165, 1.54) is 6.20 Å². The number of nitrogens with one attached hydrogen (secondary N) is 1. The van der Waals surface area contributed by atoms with E-state index < -0.39 is 0 Å². The number of halogens is 1. The summed E-state index contributed by atoms with van der Waals surface area (Å²) in [5.74, 6) is 0.224. The van der Waals surface area contributed by atoms with E-state index >= 15 is 0 Å². The number of carbonyl (C=O) groups is 1. The van der Waals surface area contributed by atoms with E-state index in [1.807, 2.05) is 6.92 Å². The topological polar surface area (TPSA) is 80.9 Å². The van der Waals surface area contributed by atoms with Crippen molar-refractivity contribution in [3.63, 3.8) is 0 Å². The lowest BCUT2D eigenvalue weighted by Gasteiger charge is -2.08. The van der Waals surface area contributed by atoms with Crippen molar-refractivity contribution in [2.24, 2.45) is 5.73 Å². The van der Waals surface area contributed by atoms with Crippen LogP contribution in [0.3, 0.4) is 0 Å². The van der Waals surface area contributed by atoms with Crippen LogP contribution in [0, 0.1) is 0 Å². The Labute approximate surface area is 93.0 Å². The third kappa shape index (κ3) is 4.22. The Morgan fingerprint density at radius 3 is 3.07 bits per heavy atom. The number of nitrogens with two attached hydrogens (primary N) is 1. The molecular weight excluding hydrogens is 216 g/mol. The molecule has 1 unspecified atom stereocenters. The van der Waals surface area contributed by atoms with Crippen LogP contribution in [0.15, 0.2) is 12.3 Å². The van der Waals surface area contributed by atoms with Crippen LogP contribution in [-0.4, -0.2) is 21.9 Å². The summed E-state index contributed by atoms with van der Waals surface area (Å²) in [6.07, 6.45) is 2.51. The maximum absolute atomic E-state index is 11.4. The SMILES string of the molecule is CCC(N)CC(=O)Nc1ccnc(Cl)n1. The van der Waals surface area contributed by atoms with E-state index in [4.69, 9.17) is 17.3 Å². The van der Waals surface area contributed by atoms with Crippen LogP contribution in [0.1, 0.15) is 19.8 Å². The summed E-state index contributed by atoms with van der Waals surface area (Å²) in [4.78, 5) is 18.9. The molecule has 1 atom stereocenters. The van der Waals surface area contributed by atoms with Crippen LogP contribution in [-0.2, 0) is 4.79 Å². The van der Waals surface area contributed by atoms with Gasteiger partial charge in [-0.3, -0.25) is 4.79 Å². The highest BCUT2D eigenvalue weighted by atomic mass is 35.5. The molecule has 0 aliphatic heterocycles. The van der Waals surface area contributed by atoms with Crippen molar-refractivity contribution >= 4 is 23.3 Å². The Morgan fingerprint density at radius 1 is 1.73 bits per heavy atom. The zero-order valence-corrected chi connectivity index (χ0v) is 9.16. The zero-order valence-electron chi connectivity index (χ0n) is 8.40. The first kappa shape index (κ1) is 11.9. The van der Waals surface area contributed by atoms with Crippen molar-refractivity contribution in [2.75, 3.05) is 5.32 Å². The van der Waals surface area contributed by atoms with Gasteiger partial charge in [-0.2, -0.15) is 0 Å². The van der Waals surface area contributed by atoms with E-state index in [2.05, 4.69) is 15.3 Å². The van der Waals surface area contributed by atoms with Gasteiger partial charge in [0, 0.05) is 18.7 Å². The first-order chi connectivity index (χ1) is 7.11. The largest absolute Gasteiger partial charge is 0.327 e. The summed E-state index contributed by atoms with van der Waals surface area (Å²) in [6.45, 7) is 1.93. The van der Waals surface area contributed by atoms with Crippen molar-refractivity contribution < 1.29 is 4.79 Å². The van der Waals surface area contributed by atoms with Gasteiger partial charge in [0.05, 0.1) is 0 Å². The van der Waals surface area contributed by atoms with Gasteiger partial charge in [-0.05, 0) is 24.1 Å². The number of hydrogen-bond donors (Lipinski definition) is 2. The summed E-state index contributed by atoms with van der Waals surface area (Å²) in [7, 11) is 0. The molecule has 6 heteroatoms. The van der Waals surface area contributed by atoms with Crippen LogP contribution in [0.5, 0.6) is 0 Å². The normalized spacial score (nSPS) is 12.2. The van der Waals surface area contributed by atoms with Crippen molar-refractivity contribution in [1.82, 2.24) is 9.97 Å². The Bertz CT molecular complexity index is 345.